The molecule has 3 N–H and O–H groups in total. The largest absolute Gasteiger partial charge is 0.491 e. The Balaban J connectivity index is 1.33. The Bertz CT molecular complexity index is 1500. The summed E-state index contributed by atoms with van der Waals surface area (Å²) in [5.41, 5.74) is 1.94. The van der Waals surface area contributed by atoms with Crippen LogP contribution in [0.2, 0.25) is 0 Å². The third-order valence-corrected chi connectivity index (χ3v) is 8.52. The van der Waals surface area contributed by atoms with Gasteiger partial charge in [0.2, 0.25) is 11.8 Å². The highest BCUT2D eigenvalue weighted by Gasteiger charge is 2.36. The van der Waals surface area contributed by atoms with E-state index >= 15 is 0 Å². The topological polar surface area (TPSA) is 134 Å². The fourth-order valence-corrected chi connectivity index (χ4v) is 6.20. The highest BCUT2D eigenvalue weighted by molar-refractivity contribution is 7.12. The van der Waals surface area contributed by atoms with E-state index in [1.54, 1.807) is 22.4 Å². The Morgan fingerprint density at radius 1 is 1.07 bits per heavy atom. The summed E-state index contributed by atoms with van der Waals surface area (Å²) in [4.78, 5) is 52.5. The van der Waals surface area contributed by atoms with Crippen LogP contribution in [-0.4, -0.2) is 78.2 Å². The average Bonchev–Trinajstić information content (AvgIpc) is 3.64. The Labute approximate surface area is 258 Å². The number of carboxylic acids is 1. The molecule has 10 nitrogen and oxygen atoms in total. The SMILES string of the molecule is O=C(Cc1ccccc1)N[C@H]1C[C@H]2COc3cc(F)cc(c3)-c3csc(c3)C(=O)N[C@H](C(=O)O)COCCCCC(=O)N2C1. The van der Waals surface area contributed by atoms with Gasteiger partial charge in [0.05, 0.1) is 23.9 Å². The highest BCUT2D eigenvalue weighted by atomic mass is 32.1. The maximum atomic E-state index is 14.7. The van der Waals surface area contributed by atoms with Gasteiger partial charge in [0.1, 0.15) is 18.2 Å². The molecule has 0 unspecified atom stereocenters. The fraction of sp³-hybridized carbons (Fsp3) is 0.375. The number of fused-ring (bicyclic) bond motifs is 6. The molecule has 4 bridgehead atoms. The van der Waals surface area contributed by atoms with Crippen LogP contribution in [-0.2, 0) is 25.5 Å². The summed E-state index contributed by atoms with van der Waals surface area (Å²) in [6, 6.07) is 13.3. The molecule has 1 aromatic heterocycles. The van der Waals surface area contributed by atoms with Crippen molar-refractivity contribution < 1.29 is 38.1 Å². The Hall–Kier alpha value is -4.29. The molecule has 3 heterocycles. The van der Waals surface area contributed by atoms with Crippen molar-refractivity contribution in [3.05, 3.63) is 76.2 Å². The quantitative estimate of drug-likeness (QED) is 0.404. The van der Waals surface area contributed by atoms with Crippen LogP contribution in [0.15, 0.2) is 60.0 Å². The maximum absolute atomic E-state index is 14.7. The van der Waals surface area contributed by atoms with E-state index in [0.717, 1.165) is 16.9 Å². The van der Waals surface area contributed by atoms with Crippen LogP contribution < -0.4 is 15.4 Å². The minimum Gasteiger partial charge on any atom is -0.491 e. The number of rotatable bonds is 4. The zero-order chi connectivity index (χ0) is 31.1. The molecule has 12 heteroatoms. The van der Waals surface area contributed by atoms with Gasteiger partial charge in [0, 0.05) is 31.7 Å². The molecule has 2 aromatic carbocycles. The number of aliphatic carboxylic acids is 1. The van der Waals surface area contributed by atoms with Gasteiger partial charge in [-0.2, -0.15) is 0 Å². The van der Waals surface area contributed by atoms with Crippen molar-refractivity contribution in [3.63, 3.8) is 0 Å². The lowest BCUT2D eigenvalue weighted by molar-refractivity contribution is -0.140. The average molecular weight is 624 g/mol. The van der Waals surface area contributed by atoms with E-state index in [2.05, 4.69) is 10.6 Å². The molecule has 0 saturated carbocycles. The van der Waals surface area contributed by atoms with Gasteiger partial charge >= 0.3 is 5.97 Å². The third-order valence-electron chi connectivity index (χ3n) is 7.59. The lowest BCUT2D eigenvalue weighted by atomic mass is 10.1. The number of carbonyl (C=O) groups excluding carboxylic acids is 3. The molecule has 1 fully saturated rings. The van der Waals surface area contributed by atoms with E-state index in [-0.39, 0.29) is 67.2 Å². The molecule has 0 spiro atoms. The fourth-order valence-electron chi connectivity index (χ4n) is 5.39. The van der Waals surface area contributed by atoms with E-state index in [4.69, 9.17) is 9.47 Å². The van der Waals surface area contributed by atoms with E-state index < -0.39 is 23.7 Å². The van der Waals surface area contributed by atoms with Crippen LogP contribution in [0.25, 0.3) is 11.1 Å². The van der Waals surface area contributed by atoms with Crippen molar-refractivity contribution in [2.24, 2.45) is 0 Å². The Kier molecular flexibility index (Phi) is 10.2. The Morgan fingerprint density at radius 3 is 2.68 bits per heavy atom. The molecular formula is C32H34FN3O7S. The van der Waals surface area contributed by atoms with Gasteiger partial charge < -0.3 is 30.1 Å². The molecule has 44 heavy (non-hydrogen) atoms. The first-order chi connectivity index (χ1) is 21.2. The van der Waals surface area contributed by atoms with Gasteiger partial charge in [-0.05, 0) is 59.5 Å². The molecule has 0 radical (unpaired) electrons. The standard InChI is InChI=1S/C32H34FN3O7S/c33-23-11-21-12-26(14-23)43-17-25-15-24(34-29(37)10-20-6-2-1-3-7-20)16-36(25)30(38)8-4-5-9-42-18-27(32(40)41)35-31(39)28-13-22(21)19-44-28/h1-3,6-7,11-14,19,24-25,27H,4-5,8-10,15-18H2,(H,34,37)(H,35,39)(H,40,41)/t24-,25-,27-/m0/s1. The minimum absolute atomic E-state index is 0.103. The van der Waals surface area contributed by atoms with E-state index in [0.29, 0.717) is 36.9 Å². The van der Waals surface area contributed by atoms with Gasteiger partial charge in [-0.1, -0.05) is 30.3 Å². The van der Waals surface area contributed by atoms with Gasteiger partial charge in [-0.15, -0.1) is 11.3 Å². The molecule has 1 saturated heterocycles. The lowest BCUT2D eigenvalue weighted by Gasteiger charge is -2.25. The molecule has 3 atom stereocenters. The smallest absolute Gasteiger partial charge is 0.328 e. The van der Waals surface area contributed by atoms with Crippen LogP contribution in [0.4, 0.5) is 4.39 Å². The number of amides is 3. The maximum Gasteiger partial charge on any atom is 0.328 e. The van der Waals surface area contributed by atoms with Crippen molar-refractivity contribution in [1.29, 1.82) is 0 Å². The third kappa shape index (κ3) is 8.20. The predicted molar refractivity (Wildman–Crippen MR) is 161 cm³/mol. The Morgan fingerprint density at radius 2 is 1.89 bits per heavy atom. The number of hydrogen-bond donors (Lipinski definition) is 3. The number of carboxylic acid groups (broad SMARTS) is 1. The summed E-state index contributed by atoms with van der Waals surface area (Å²) in [5.74, 6) is -2.32. The first-order valence-corrected chi connectivity index (χ1v) is 15.4. The summed E-state index contributed by atoms with van der Waals surface area (Å²) >= 11 is 1.11. The predicted octanol–water partition coefficient (Wildman–Crippen LogP) is 3.64. The number of ether oxygens (including phenoxy) is 2. The molecule has 5 rings (SSSR count). The first kappa shape index (κ1) is 31.1. The van der Waals surface area contributed by atoms with Crippen LogP contribution >= 0.6 is 11.3 Å². The van der Waals surface area contributed by atoms with Crippen molar-refractivity contribution in [1.82, 2.24) is 15.5 Å². The number of halogens is 1. The molecule has 2 aliphatic rings. The van der Waals surface area contributed by atoms with E-state index in [9.17, 15) is 28.7 Å². The normalized spacial score (nSPS) is 21.5. The van der Waals surface area contributed by atoms with Gasteiger partial charge in [0.15, 0.2) is 6.04 Å². The minimum atomic E-state index is -1.26. The summed E-state index contributed by atoms with van der Waals surface area (Å²) in [7, 11) is 0. The van der Waals surface area contributed by atoms with Crippen LogP contribution in [0.1, 0.15) is 40.9 Å². The molecule has 232 valence electrons. The second kappa shape index (κ2) is 14.5. The monoisotopic (exact) mass is 623 g/mol. The van der Waals surface area contributed by atoms with Crippen LogP contribution in [0.3, 0.4) is 0 Å². The van der Waals surface area contributed by atoms with Crippen molar-refractivity contribution in [2.45, 2.75) is 50.2 Å². The van der Waals surface area contributed by atoms with Crippen molar-refractivity contribution in [3.8, 4) is 16.9 Å². The van der Waals surface area contributed by atoms with Crippen LogP contribution in [0.5, 0.6) is 5.75 Å². The molecule has 0 aliphatic carbocycles. The number of benzene rings is 2. The summed E-state index contributed by atoms with van der Waals surface area (Å²) in [6.07, 6.45) is 1.96. The molecule has 3 amide bonds. The van der Waals surface area contributed by atoms with Crippen molar-refractivity contribution >= 4 is 35.0 Å². The highest BCUT2D eigenvalue weighted by Crippen LogP contribution is 2.30. The molecular weight excluding hydrogens is 589 g/mol. The number of nitrogens with one attached hydrogen (secondary N) is 2. The van der Waals surface area contributed by atoms with Gasteiger partial charge in [-0.25, -0.2) is 9.18 Å². The second-order valence-electron chi connectivity index (χ2n) is 10.9. The summed E-state index contributed by atoms with van der Waals surface area (Å²) < 4.78 is 26.2. The number of nitrogens with zero attached hydrogens (tertiary/aromatic N) is 1. The number of thiophene rings is 1. The lowest BCUT2D eigenvalue weighted by Crippen LogP contribution is -2.43. The van der Waals surface area contributed by atoms with E-state index in [1.165, 1.54) is 12.1 Å². The van der Waals surface area contributed by atoms with Gasteiger partial charge in [0.25, 0.3) is 5.91 Å². The molecule has 2 aliphatic heterocycles. The summed E-state index contributed by atoms with van der Waals surface area (Å²) in [6.45, 7) is 0.435. The van der Waals surface area contributed by atoms with Crippen LogP contribution in [0, 0.1) is 5.82 Å². The van der Waals surface area contributed by atoms with Crippen molar-refractivity contribution in [2.75, 3.05) is 26.4 Å². The van der Waals surface area contributed by atoms with Gasteiger partial charge in [-0.3, -0.25) is 14.4 Å². The summed E-state index contributed by atoms with van der Waals surface area (Å²) in [5, 5.41) is 16.8. The number of hydrogen-bond acceptors (Lipinski definition) is 7. The van der Waals surface area contributed by atoms with E-state index in [1.807, 2.05) is 30.3 Å². The molecule has 3 aromatic rings. The zero-order valence-electron chi connectivity index (χ0n) is 24.0. The second-order valence-corrected chi connectivity index (χ2v) is 11.9. The first-order valence-electron chi connectivity index (χ1n) is 14.5. The zero-order valence-corrected chi connectivity index (χ0v) is 24.8. The number of carbonyl (C=O) groups is 4.